The molecule has 2 saturated heterocycles. The summed E-state index contributed by atoms with van der Waals surface area (Å²) in [5.41, 5.74) is 1.01. The van der Waals surface area contributed by atoms with Crippen LogP contribution in [0.2, 0.25) is 0 Å². The Kier molecular flexibility index (Phi) is 1.71. The van der Waals surface area contributed by atoms with E-state index in [0.717, 1.165) is 17.5 Å². The van der Waals surface area contributed by atoms with Crippen LogP contribution in [0, 0.1) is 6.92 Å². The van der Waals surface area contributed by atoms with Gasteiger partial charge in [0.05, 0.1) is 5.69 Å². The maximum absolute atomic E-state index is 5.37. The van der Waals surface area contributed by atoms with Crippen molar-refractivity contribution in [3.63, 3.8) is 0 Å². The number of rotatable bonds is 1. The van der Waals surface area contributed by atoms with Crippen molar-refractivity contribution in [2.24, 2.45) is 0 Å². The standard InChI is InChI=1S/C11H16N2O/c1-7-5-11(14-12-7)9-6-8-3-4-10(9)13(8)2/h5,8-10H,3-4,6H2,1-2H3. The van der Waals surface area contributed by atoms with Gasteiger partial charge < -0.3 is 4.52 Å². The van der Waals surface area contributed by atoms with E-state index in [9.17, 15) is 0 Å². The molecule has 0 amide bonds. The highest BCUT2D eigenvalue weighted by atomic mass is 16.5. The van der Waals surface area contributed by atoms with Gasteiger partial charge in [0.15, 0.2) is 0 Å². The lowest BCUT2D eigenvalue weighted by atomic mass is 9.87. The van der Waals surface area contributed by atoms with Crippen LogP contribution in [0.4, 0.5) is 0 Å². The minimum Gasteiger partial charge on any atom is -0.361 e. The van der Waals surface area contributed by atoms with Gasteiger partial charge in [-0.3, -0.25) is 4.90 Å². The quantitative estimate of drug-likeness (QED) is 0.681. The van der Waals surface area contributed by atoms with Crippen LogP contribution in [0.3, 0.4) is 0 Å². The normalized spacial score (nSPS) is 36.9. The Balaban J connectivity index is 1.88. The van der Waals surface area contributed by atoms with Crippen molar-refractivity contribution in [3.8, 4) is 0 Å². The fourth-order valence-corrected chi connectivity index (χ4v) is 3.12. The molecule has 1 aromatic heterocycles. The molecule has 3 rings (SSSR count). The summed E-state index contributed by atoms with van der Waals surface area (Å²) < 4.78 is 5.37. The third-order valence-corrected chi connectivity index (χ3v) is 3.90. The van der Waals surface area contributed by atoms with Crippen LogP contribution in [0.25, 0.3) is 0 Å². The lowest BCUT2D eigenvalue weighted by Crippen LogP contribution is -2.24. The Hall–Kier alpha value is -0.830. The molecule has 3 heterocycles. The highest BCUT2D eigenvalue weighted by Gasteiger charge is 2.46. The molecule has 0 radical (unpaired) electrons. The first-order chi connectivity index (χ1) is 6.75. The molecule has 0 aromatic carbocycles. The van der Waals surface area contributed by atoms with Crippen LogP contribution < -0.4 is 0 Å². The van der Waals surface area contributed by atoms with Gasteiger partial charge in [-0.05, 0) is 33.2 Å². The SMILES string of the molecule is Cc1cc(C2CC3CCC2N3C)on1. The van der Waals surface area contributed by atoms with E-state index in [2.05, 4.69) is 23.2 Å². The Morgan fingerprint density at radius 3 is 2.86 bits per heavy atom. The van der Waals surface area contributed by atoms with Gasteiger partial charge in [-0.1, -0.05) is 5.16 Å². The van der Waals surface area contributed by atoms with E-state index in [-0.39, 0.29) is 0 Å². The molecule has 0 N–H and O–H groups in total. The Morgan fingerprint density at radius 2 is 2.36 bits per heavy atom. The summed E-state index contributed by atoms with van der Waals surface area (Å²) in [5, 5.41) is 3.98. The zero-order chi connectivity index (χ0) is 9.71. The average Bonchev–Trinajstić information content (AvgIpc) is 2.82. The number of aryl methyl sites for hydroxylation is 1. The predicted molar refractivity (Wildman–Crippen MR) is 53.2 cm³/mol. The number of hydrogen-bond donors (Lipinski definition) is 0. The first kappa shape index (κ1) is 8.48. The van der Waals surface area contributed by atoms with Crippen LogP contribution in [0.5, 0.6) is 0 Å². The molecule has 2 aliphatic heterocycles. The summed E-state index contributed by atoms with van der Waals surface area (Å²) in [6.07, 6.45) is 3.95. The van der Waals surface area contributed by atoms with Crippen LogP contribution in [0.15, 0.2) is 10.6 Å². The Morgan fingerprint density at radius 1 is 1.50 bits per heavy atom. The molecule has 2 bridgehead atoms. The molecule has 3 heteroatoms. The molecule has 0 saturated carbocycles. The van der Waals surface area contributed by atoms with Crippen LogP contribution in [-0.4, -0.2) is 29.2 Å². The molecule has 76 valence electrons. The van der Waals surface area contributed by atoms with Crippen molar-refractivity contribution < 1.29 is 4.52 Å². The van der Waals surface area contributed by atoms with Gasteiger partial charge in [-0.2, -0.15) is 0 Å². The van der Waals surface area contributed by atoms with E-state index in [4.69, 9.17) is 4.52 Å². The van der Waals surface area contributed by atoms with Crippen molar-refractivity contribution in [1.82, 2.24) is 10.1 Å². The number of fused-ring (bicyclic) bond motifs is 2. The van der Waals surface area contributed by atoms with Gasteiger partial charge in [0, 0.05) is 24.1 Å². The summed E-state index contributed by atoms with van der Waals surface area (Å²) in [7, 11) is 2.24. The van der Waals surface area contributed by atoms with Gasteiger partial charge in [0.25, 0.3) is 0 Å². The van der Waals surface area contributed by atoms with Gasteiger partial charge in [0.2, 0.25) is 0 Å². The maximum atomic E-state index is 5.37. The molecule has 3 atom stereocenters. The average molecular weight is 192 g/mol. The minimum absolute atomic E-state index is 0.597. The third kappa shape index (κ3) is 1.05. The van der Waals surface area contributed by atoms with Crippen LogP contribution >= 0.6 is 0 Å². The second-order valence-electron chi connectivity index (χ2n) is 4.68. The topological polar surface area (TPSA) is 29.3 Å². The summed E-state index contributed by atoms with van der Waals surface area (Å²) in [6, 6.07) is 3.59. The van der Waals surface area contributed by atoms with Gasteiger partial charge in [0.1, 0.15) is 5.76 Å². The first-order valence-corrected chi connectivity index (χ1v) is 5.41. The van der Waals surface area contributed by atoms with Gasteiger partial charge in [-0.25, -0.2) is 0 Å². The molecule has 2 aliphatic rings. The minimum atomic E-state index is 0.597. The molecule has 3 nitrogen and oxygen atoms in total. The second kappa shape index (κ2) is 2.83. The third-order valence-electron chi connectivity index (χ3n) is 3.90. The summed E-state index contributed by atoms with van der Waals surface area (Å²) in [5.74, 6) is 1.70. The smallest absolute Gasteiger partial charge is 0.141 e. The van der Waals surface area contributed by atoms with Gasteiger partial charge >= 0.3 is 0 Å². The molecule has 14 heavy (non-hydrogen) atoms. The Bertz CT molecular complexity index is 347. The first-order valence-electron chi connectivity index (χ1n) is 5.41. The number of aromatic nitrogens is 1. The molecule has 3 unspecified atom stereocenters. The van der Waals surface area contributed by atoms with E-state index in [1.807, 2.05) is 6.92 Å². The van der Waals surface area contributed by atoms with E-state index in [1.165, 1.54) is 19.3 Å². The second-order valence-corrected chi connectivity index (χ2v) is 4.68. The summed E-state index contributed by atoms with van der Waals surface area (Å²) in [6.45, 7) is 1.99. The zero-order valence-electron chi connectivity index (χ0n) is 8.73. The van der Waals surface area contributed by atoms with E-state index < -0.39 is 0 Å². The predicted octanol–water partition coefficient (Wildman–Crippen LogP) is 1.93. The fourth-order valence-electron chi connectivity index (χ4n) is 3.12. The molecule has 0 spiro atoms. The summed E-state index contributed by atoms with van der Waals surface area (Å²) in [4.78, 5) is 2.52. The molecular weight excluding hydrogens is 176 g/mol. The fraction of sp³-hybridized carbons (Fsp3) is 0.727. The molecule has 2 fully saturated rings. The van der Waals surface area contributed by atoms with Crippen LogP contribution in [-0.2, 0) is 0 Å². The number of hydrogen-bond acceptors (Lipinski definition) is 3. The molecular formula is C11H16N2O. The summed E-state index contributed by atoms with van der Waals surface area (Å²) >= 11 is 0. The molecule has 1 aromatic rings. The number of nitrogens with zero attached hydrogens (tertiary/aromatic N) is 2. The number of likely N-dealkylation sites (N-methyl/N-ethyl adjacent to an activating group) is 1. The van der Waals surface area contributed by atoms with E-state index in [0.29, 0.717) is 12.0 Å². The van der Waals surface area contributed by atoms with Gasteiger partial charge in [-0.15, -0.1) is 0 Å². The van der Waals surface area contributed by atoms with Crippen molar-refractivity contribution in [2.45, 2.75) is 44.2 Å². The lowest BCUT2D eigenvalue weighted by Gasteiger charge is -2.18. The Labute approximate surface area is 84.1 Å². The zero-order valence-corrected chi connectivity index (χ0v) is 8.73. The van der Waals surface area contributed by atoms with Crippen molar-refractivity contribution in [2.75, 3.05) is 7.05 Å². The van der Waals surface area contributed by atoms with E-state index >= 15 is 0 Å². The van der Waals surface area contributed by atoms with Crippen molar-refractivity contribution in [3.05, 3.63) is 17.5 Å². The van der Waals surface area contributed by atoms with Crippen molar-refractivity contribution in [1.29, 1.82) is 0 Å². The van der Waals surface area contributed by atoms with E-state index in [1.54, 1.807) is 0 Å². The molecule has 0 aliphatic carbocycles. The van der Waals surface area contributed by atoms with Crippen molar-refractivity contribution >= 4 is 0 Å². The highest BCUT2D eigenvalue weighted by Crippen LogP contribution is 2.45. The highest BCUT2D eigenvalue weighted by molar-refractivity contribution is 5.17. The monoisotopic (exact) mass is 192 g/mol. The maximum Gasteiger partial charge on any atom is 0.141 e. The lowest BCUT2D eigenvalue weighted by molar-refractivity contribution is 0.287. The largest absolute Gasteiger partial charge is 0.361 e. The van der Waals surface area contributed by atoms with Crippen LogP contribution in [0.1, 0.15) is 36.6 Å².